The molecule has 1 aliphatic carbocycles. The maximum Gasteiger partial charge on any atom is 0.261 e. The molecule has 0 radical (unpaired) electrons. The van der Waals surface area contributed by atoms with E-state index in [1.165, 1.54) is 23.0 Å². The van der Waals surface area contributed by atoms with Crippen LogP contribution < -0.4 is 10.9 Å². The van der Waals surface area contributed by atoms with Gasteiger partial charge in [0.1, 0.15) is 6.54 Å². The summed E-state index contributed by atoms with van der Waals surface area (Å²) in [5.41, 5.74) is 0.763. The topological polar surface area (TPSA) is 98.1 Å². The molecule has 8 heteroatoms. The van der Waals surface area contributed by atoms with Crippen molar-refractivity contribution in [2.24, 2.45) is 0 Å². The van der Waals surface area contributed by atoms with Gasteiger partial charge in [-0.25, -0.2) is 13.4 Å². The quantitative estimate of drug-likeness (QED) is 0.696. The van der Waals surface area contributed by atoms with Crippen molar-refractivity contribution in [1.82, 2.24) is 9.55 Å². The number of rotatable bonds is 5. The van der Waals surface area contributed by atoms with Crippen LogP contribution in [0.2, 0.25) is 0 Å². The van der Waals surface area contributed by atoms with Gasteiger partial charge in [-0.05, 0) is 49.2 Å². The van der Waals surface area contributed by atoms with Gasteiger partial charge in [-0.3, -0.25) is 14.2 Å². The molecule has 4 rings (SSSR count). The maximum atomic E-state index is 12.6. The van der Waals surface area contributed by atoms with Crippen LogP contribution in [0, 0.1) is 0 Å². The number of benzene rings is 2. The Balaban J connectivity index is 1.46. The molecule has 7 nitrogen and oxygen atoms in total. The van der Waals surface area contributed by atoms with E-state index in [1.807, 2.05) is 0 Å². The van der Waals surface area contributed by atoms with Crippen molar-refractivity contribution in [1.29, 1.82) is 0 Å². The number of amides is 1. The largest absolute Gasteiger partial charge is 0.325 e. The van der Waals surface area contributed by atoms with Gasteiger partial charge in [0.15, 0.2) is 9.84 Å². The first-order chi connectivity index (χ1) is 13.9. The van der Waals surface area contributed by atoms with Gasteiger partial charge in [0.05, 0.1) is 27.4 Å². The second-order valence-electron chi connectivity index (χ2n) is 7.22. The van der Waals surface area contributed by atoms with Crippen LogP contribution in [0.5, 0.6) is 0 Å². The molecule has 0 bridgehead atoms. The molecule has 2 aromatic carbocycles. The molecule has 0 unspecified atom stereocenters. The number of anilines is 1. The Morgan fingerprint density at radius 1 is 1.07 bits per heavy atom. The number of para-hydroxylation sites is 1. The van der Waals surface area contributed by atoms with Crippen LogP contribution in [0.1, 0.15) is 25.7 Å². The van der Waals surface area contributed by atoms with Gasteiger partial charge < -0.3 is 5.32 Å². The first-order valence-corrected chi connectivity index (χ1v) is 11.1. The first kappa shape index (κ1) is 19.3. The summed E-state index contributed by atoms with van der Waals surface area (Å²) in [7, 11) is -3.33. The third-order valence-corrected chi connectivity index (χ3v) is 7.53. The summed E-state index contributed by atoms with van der Waals surface area (Å²) in [6.45, 7) is -0.182. The minimum Gasteiger partial charge on any atom is -0.325 e. The predicted molar refractivity (Wildman–Crippen MR) is 111 cm³/mol. The Hall–Kier alpha value is -3.00. The summed E-state index contributed by atoms with van der Waals surface area (Å²) < 4.78 is 26.5. The van der Waals surface area contributed by atoms with Crippen LogP contribution in [0.15, 0.2) is 64.5 Å². The number of hydrogen-bond donors (Lipinski definition) is 1. The lowest BCUT2D eigenvalue weighted by Crippen LogP contribution is -2.27. The van der Waals surface area contributed by atoms with Crippen molar-refractivity contribution in [2.45, 2.75) is 42.4 Å². The number of sulfone groups is 1. The van der Waals surface area contributed by atoms with Crippen molar-refractivity contribution in [3.8, 4) is 0 Å². The van der Waals surface area contributed by atoms with Gasteiger partial charge in [-0.15, -0.1) is 0 Å². The monoisotopic (exact) mass is 411 g/mol. The van der Waals surface area contributed by atoms with E-state index in [0.717, 1.165) is 12.8 Å². The minimum atomic E-state index is -3.33. The van der Waals surface area contributed by atoms with Crippen molar-refractivity contribution in [3.05, 3.63) is 65.2 Å². The maximum absolute atomic E-state index is 12.6. The second-order valence-corrected chi connectivity index (χ2v) is 9.45. The smallest absolute Gasteiger partial charge is 0.261 e. The average Bonchev–Trinajstić information content (AvgIpc) is 3.27. The molecule has 0 saturated heterocycles. The molecule has 3 aromatic rings. The zero-order valence-corrected chi connectivity index (χ0v) is 16.6. The third kappa shape index (κ3) is 3.93. The lowest BCUT2D eigenvalue weighted by molar-refractivity contribution is -0.116. The lowest BCUT2D eigenvalue weighted by atomic mass is 10.2. The van der Waals surface area contributed by atoms with E-state index in [0.29, 0.717) is 29.4 Å². The molecule has 150 valence electrons. The highest BCUT2D eigenvalue weighted by Crippen LogP contribution is 2.30. The SMILES string of the molecule is O=C(Cn1cnc2ccccc2c1=O)Nc1ccc(S(=O)(=O)C2CCCC2)cc1. The lowest BCUT2D eigenvalue weighted by Gasteiger charge is -2.12. The highest BCUT2D eigenvalue weighted by Gasteiger charge is 2.30. The summed E-state index contributed by atoms with van der Waals surface area (Å²) in [6, 6.07) is 13.1. The fraction of sp³-hybridized carbons (Fsp3) is 0.286. The van der Waals surface area contributed by atoms with Crippen LogP contribution in [0.4, 0.5) is 5.69 Å². The van der Waals surface area contributed by atoms with E-state index in [4.69, 9.17) is 0 Å². The van der Waals surface area contributed by atoms with Gasteiger partial charge >= 0.3 is 0 Å². The van der Waals surface area contributed by atoms with Gasteiger partial charge in [0, 0.05) is 5.69 Å². The van der Waals surface area contributed by atoms with Gasteiger partial charge in [0.2, 0.25) is 5.91 Å². The molecule has 1 fully saturated rings. The zero-order valence-electron chi connectivity index (χ0n) is 15.7. The molecule has 0 atom stereocenters. The first-order valence-electron chi connectivity index (χ1n) is 9.53. The zero-order chi connectivity index (χ0) is 20.4. The minimum absolute atomic E-state index is 0.182. The van der Waals surface area contributed by atoms with Crippen LogP contribution in [-0.2, 0) is 21.2 Å². The fourth-order valence-electron chi connectivity index (χ4n) is 3.69. The number of nitrogens with one attached hydrogen (secondary N) is 1. The number of carbonyl (C=O) groups is 1. The van der Waals surface area contributed by atoms with Crippen LogP contribution in [0.3, 0.4) is 0 Å². The molecular formula is C21H21N3O4S. The molecule has 29 heavy (non-hydrogen) atoms. The third-order valence-electron chi connectivity index (χ3n) is 5.25. The highest BCUT2D eigenvalue weighted by molar-refractivity contribution is 7.92. The van der Waals surface area contributed by atoms with E-state index >= 15 is 0 Å². The van der Waals surface area contributed by atoms with Gasteiger partial charge in [-0.2, -0.15) is 0 Å². The molecule has 0 aliphatic heterocycles. The van der Waals surface area contributed by atoms with Crippen molar-refractivity contribution < 1.29 is 13.2 Å². The Morgan fingerprint density at radius 2 is 1.76 bits per heavy atom. The summed E-state index contributed by atoms with van der Waals surface area (Å²) in [5.74, 6) is -0.393. The molecule has 1 N–H and O–H groups in total. The average molecular weight is 411 g/mol. The Labute approximate surface area is 168 Å². The second kappa shape index (κ2) is 7.79. The Morgan fingerprint density at radius 3 is 2.48 bits per heavy atom. The van der Waals surface area contributed by atoms with Crippen molar-refractivity contribution in [3.63, 3.8) is 0 Å². The van der Waals surface area contributed by atoms with E-state index in [9.17, 15) is 18.0 Å². The molecule has 1 aliphatic rings. The van der Waals surface area contributed by atoms with E-state index in [2.05, 4.69) is 10.3 Å². The summed E-state index contributed by atoms with van der Waals surface area (Å²) in [6.07, 6.45) is 4.65. The highest BCUT2D eigenvalue weighted by atomic mass is 32.2. The van der Waals surface area contributed by atoms with E-state index in [1.54, 1.807) is 36.4 Å². The van der Waals surface area contributed by atoms with Gasteiger partial charge in [0.25, 0.3) is 5.56 Å². The number of hydrogen-bond acceptors (Lipinski definition) is 5. The molecular weight excluding hydrogens is 390 g/mol. The standard InChI is InChI=1S/C21H21N3O4S/c25-20(13-24-14-22-19-8-4-3-7-18(19)21(24)26)23-15-9-11-17(12-10-15)29(27,28)16-5-1-2-6-16/h3-4,7-12,14,16H,1-2,5-6,13H2,(H,23,25). The van der Waals surface area contributed by atoms with Gasteiger partial charge in [-0.1, -0.05) is 25.0 Å². The van der Waals surface area contributed by atoms with E-state index in [-0.39, 0.29) is 22.2 Å². The van der Waals surface area contributed by atoms with E-state index < -0.39 is 15.7 Å². The normalized spacial score (nSPS) is 14.9. The summed E-state index contributed by atoms with van der Waals surface area (Å²) in [5, 5.41) is 2.83. The van der Waals surface area contributed by atoms with Crippen LogP contribution in [-0.4, -0.2) is 29.1 Å². The molecule has 1 amide bonds. The number of carbonyl (C=O) groups excluding carboxylic acids is 1. The number of nitrogens with zero attached hydrogens (tertiary/aromatic N) is 2. The Kier molecular flexibility index (Phi) is 5.19. The predicted octanol–water partition coefficient (Wildman–Crippen LogP) is 2.75. The molecule has 0 spiro atoms. The van der Waals surface area contributed by atoms with Crippen molar-refractivity contribution >= 4 is 32.3 Å². The summed E-state index contributed by atoms with van der Waals surface area (Å²) >= 11 is 0. The Bertz CT molecular complexity index is 1210. The number of fused-ring (bicyclic) bond motifs is 1. The molecule has 1 aromatic heterocycles. The molecule has 1 heterocycles. The van der Waals surface area contributed by atoms with Crippen LogP contribution >= 0.6 is 0 Å². The van der Waals surface area contributed by atoms with Crippen LogP contribution in [0.25, 0.3) is 10.9 Å². The summed E-state index contributed by atoms with van der Waals surface area (Å²) in [4.78, 5) is 29.3. The number of aromatic nitrogens is 2. The van der Waals surface area contributed by atoms with Crippen molar-refractivity contribution in [2.75, 3.05) is 5.32 Å². The molecule has 1 saturated carbocycles. The fourth-order valence-corrected chi connectivity index (χ4v) is 5.55.